The number of hydrogen-bond acceptors (Lipinski definition) is 9. The third-order valence-corrected chi connectivity index (χ3v) is 5.55. The normalized spacial score (nSPS) is 11.7. The van der Waals surface area contributed by atoms with Crippen molar-refractivity contribution in [2.75, 3.05) is 14.2 Å². The lowest BCUT2D eigenvalue weighted by molar-refractivity contribution is -0.384. The van der Waals surface area contributed by atoms with Crippen LogP contribution in [0.5, 0.6) is 11.5 Å². The van der Waals surface area contributed by atoms with Crippen LogP contribution in [0.1, 0.15) is 5.56 Å². The van der Waals surface area contributed by atoms with E-state index in [2.05, 4.69) is 19.9 Å². The number of nitro benzene ring substituents is 1. The number of benzene rings is 3. The smallest absolute Gasteiger partial charge is 0.299 e. The van der Waals surface area contributed by atoms with Gasteiger partial charge < -0.3 is 9.47 Å². The van der Waals surface area contributed by atoms with E-state index in [-0.39, 0.29) is 33.5 Å². The largest absolute Gasteiger partial charge is 0.494 e. The summed E-state index contributed by atoms with van der Waals surface area (Å²) in [6, 6.07) is 14.6. The Morgan fingerprint density at radius 1 is 0.818 bits per heavy atom. The van der Waals surface area contributed by atoms with Crippen molar-refractivity contribution in [1.29, 1.82) is 0 Å². The lowest BCUT2D eigenvalue weighted by Crippen LogP contribution is -1.95. The number of nitro groups is 1. The second kappa shape index (κ2) is 9.96. The standard InChI is InChI=1S/C21H19N5O6S/c1-14-4-10-17(11-5-14)33(29,30)25-24-19-13-20(31-2)18(12-21(19)32-3)23-22-15-6-8-16(9-7-15)26(27)28/h4-13H,1-3H3/b23-22+,25-24+. The predicted molar refractivity (Wildman–Crippen MR) is 120 cm³/mol. The van der Waals surface area contributed by atoms with Gasteiger partial charge in [-0.05, 0) is 31.2 Å². The summed E-state index contributed by atoms with van der Waals surface area (Å²) in [6.45, 7) is 1.84. The fourth-order valence-corrected chi connectivity index (χ4v) is 3.40. The van der Waals surface area contributed by atoms with Crippen molar-refractivity contribution in [2.24, 2.45) is 19.9 Å². The van der Waals surface area contributed by atoms with Gasteiger partial charge in [-0.2, -0.15) is 13.5 Å². The van der Waals surface area contributed by atoms with E-state index in [0.29, 0.717) is 5.69 Å². The summed E-state index contributed by atoms with van der Waals surface area (Å²) >= 11 is 0. The number of sulfonamides is 1. The van der Waals surface area contributed by atoms with Crippen LogP contribution in [0.15, 0.2) is 85.4 Å². The van der Waals surface area contributed by atoms with Gasteiger partial charge in [0.15, 0.2) is 0 Å². The van der Waals surface area contributed by atoms with Gasteiger partial charge in [-0.3, -0.25) is 10.1 Å². The molecule has 0 aliphatic rings. The zero-order valence-corrected chi connectivity index (χ0v) is 18.7. The molecule has 0 saturated heterocycles. The van der Waals surface area contributed by atoms with E-state index in [1.54, 1.807) is 12.1 Å². The van der Waals surface area contributed by atoms with Crippen LogP contribution in [0.4, 0.5) is 22.7 Å². The predicted octanol–water partition coefficient (Wildman–Crippen LogP) is 5.81. The SMILES string of the molecule is COc1cc(/N=N/S(=O)(=O)c2ccc(C)cc2)c(OC)cc1/N=N/c1ccc([N+](=O)[O-])cc1. The highest BCUT2D eigenvalue weighted by molar-refractivity contribution is 7.90. The first-order chi connectivity index (χ1) is 15.7. The second-order valence-electron chi connectivity index (χ2n) is 6.64. The molecule has 3 rings (SSSR count). The zero-order valence-electron chi connectivity index (χ0n) is 17.9. The molecular formula is C21H19N5O6S. The van der Waals surface area contributed by atoms with Crippen LogP contribution in [0.2, 0.25) is 0 Å². The number of methoxy groups -OCH3 is 2. The Balaban J connectivity index is 1.91. The number of nitrogens with zero attached hydrogens (tertiary/aromatic N) is 5. The van der Waals surface area contributed by atoms with Crippen molar-refractivity contribution in [3.05, 3.63) is 76.3 Å². The first-order valence-electron chi connectivity index (χ1n) is 9.40. The number of rotatable bonds is 8. The molecule has 0 N–H and O–H groups in total. The van der Waals surface area contributed by atoms with E-state index in [0.717, 1.165) is 5.56 Å². The molecule has 0 saturated carbocycles. The molecule has 3 aromatic rings. The highest BCUT2D eigenvalue weighted by Gasteiger charge is 2.15. The van der Waals surface area contributed by atoms with Crippen LogP contribution in [-0.2, 0) is 10.0 Å². The molecule has 0 fully saturated rings. The number of ether oxygens (including phenoxy) is 2. The average Bonchev–Trinajstić information content (AvgIpc) is 2.81. The van der Waals surface area contributed by atoms with Crippen molar-refractivity contribution < 1.29 is 22.8 Å². The fourth-order valence-electron chi connectivity index (χ4n) is 2.63. The van der Waals surface area contributed by atoms with Gasteiger partial charge in [0.2, 0.25) is 0 Å². The van der Waals surface area contributed by atoms with E-state index >= 15 is 0 Å². The molecule has 0 aromatic heterocycles. The summed E-state index contributed by atoms with van der Waals surface area (Å²) in [5.41, 5.74) is 1.61. The average molecular weight is 469 g/mol. The van der Waals surface area contributed by atoms with Crippen molar-refractivity contribution in [2.45, 2.75) is 11.8 Å². The van der Waals surface area contributed by atoms with Crippen LogP contribution >= 0.6 is 0 Å². The van der Waals surface area contributed by atoms with Crippen molar-refractivity contribution in [3.8, 4) is 11.5 Å². The molecule has 0 unspecified atom stereocenters. The molecule has 0 atom stereocenters. The summed E-state index contributed by atoms with van der Waals surface area (Å²) in [5.74, 6) is 0.430. The first-order valence-corrected chi connectivity index (χ1v) is 10.8. The van der Waals surface area contributed by atoms with Crippen molar-refractivity contribution in [1.82, 2.24) is 0 Å². The minimum Gasteiger partial charge on any atom is -0.494 e. The summed E-state index contributed by atoms with van der Waals surface area (Å²) in [7, 11) is -1.23. The number of non-ortho nitro benzene ring substituents is 1. The van der Waals surface area contributed by atoms with Gasteiger partial charge in [-0.25, -0.2) is 0 Å². The molecule has 11 nitrogen and oxygen atoms in total. The molecule has 33 heavy (non-hydrogen) atoms. The summed E-state index contributed by atoms with van der Waals surface area (Å²) < 4.78 is 39.0. The topological polar surface area (TPSA) is 145 Å². The van der Waals surface area contributed by atoms with Gasteiger partial charge >= 0.3 is 0 Å². The van der Waals surface area contributed by atoms with Gasteiger partial charge in [-0.15, -0.1) is 10.2 Å². The maximum atomic E-state index is 12.5. The highest BCUT2D eigenvalue weighted by Crippen LogP contribution is 2.40. The quantitative estimate of drug-likeness (QED) is 0.231. The van der Waals surface area contributed by atoms with Gasteiger partial charge in [-0.1, -0.05) is 22.2 Å². The molecule has 170 valence electrons. The molecule has 0 heterocycles. The van der Waals surface area contributed by atoms with E-state index in [9.17, 15) is 18.5 Å². The lowest BCUT2D eigenvalue weighted by Gasteiger charge is -2.09. The van der Waals surface area contributed by atoms with Crippen molar-refractivity contribution in [3.63, 3.8) is 0 Å². The van der Waals surface area contributed by atoms with Crippen LogP contribution in [-0.4, -0.2) is 27.6 Å². The van der Waals surface area contributed by atoms with E-state index in [1.165, 1.54) is 62.8 Å². The molecule has 0 aliphatic heterocycles. The molecule has 0 aliphatic carbocycles. The maximum Gasteiger partial charge on any atom is 0.299 e. The maximum absolute atomic E-state index is 12.5. The Morgan fingerprint density at radius 3 is 1.88 bits per heavy atom. The summed E-state index contributed by atoms with van der Waals surface area (Å²) in [5, 5.41) is 22.7. The molecule has 12 heteroatoms. The monoisotopic (exact) mass is 469 g/mol. The molecule has 3 aromatic carbocycles. The van der Waals surface area contributed by atoms with E-state index in [4.69, 9.17) is 9.47 Å². The van der Waals surface area contributed by atoms with Crippen LogP contribution in [0, 0.1) is 17.0 Å². The molecule has 0 radical (unpaired) electrons. The number of aryl methyl sites for hydroxylation is 1. The van der Waals surface area contributed by atoms with Crippen LogP contribution in [0.3, 0.4) is 0 Å². The Morgan fingerprint density at radius 2 is 1.36 bits per heavy atom. The minimum atomic E-state index is -4.01. The lowest BCUT2D eigenvalue weighted by atomic mass is 10.2. The number of azo groups is 1. The third kappa shape index (κ3) is 5.74. The van der Waals surface area contributed by atoms with Gasteiger partial charge in [0, 0.05) is 24.3 Å². The molecule has 0 spiro atoms. The number of hydrogen-bond donors (Lipinski definition) is 0. The van der Waals surface area contributed by atoms with Gasteiger partial charge in [0.25, 0.3) is 15.7 Å². The fraction of sp³-hybridized carbons (Fsp3) is 0.143. The zero-order chi connectivity index (χ0) is 24.0. The molecule has 0 bridgehead atoms. The van der Waals surface area contributed by atoms with Gasteiger partial charge in [0.1, 0.15) is 22.9 Å². The minimum absolute atomic E-state index is 0.0105. The third-order valence-electron chi connectivity index (χ3n) is 4.39. The second-order valence-corrected chi connectivity index (χ2v) is 8.22. The highest BCUT2D eigenvalue weighted by atomic mass is 32.2. The Kier molecular flexibility index (Phi) is 7.08. The van der Waals surface area contributed by atoms with Crippen LogP contribution in [0.25, 0.3) is 0 Å². The molecule has 0 amide bonds. The molecular weight excluding hydrogens is 450 g/mol. The van der Waals surface area contributed by atoms with E-state index < -0.39 is 14.9 Å². The first kappa shape index (κ1) is 23.5. The summed E-state index contributed by atoms with van der Waals surface area (Å²) in [4.78, 5) is 10.3. The Labute approximate surface area is 189 Å². The van der Waals surface area contributed by atoms with E-state index in [1.807, 2.05) is 6.92 Å². The Bertz CT molecular complexity index is 1320. The summed E-state index contributed by atoms with van der Waals surface area (Å²) in [6.07, 6.45) is 0. The van der Waals surface area contributed by atoms with Crippen LogP contribution < -0.4 is 9.47 Å². The Hall–Kier alpha value is -4.19. The van der Waals surface area contributed by atoms with Gasteiger partial charge in [0.05, 0.1) is 29.7 Å². The van der Waals surface area contributed by atoms with Crippen molar-refractivity contribution >= 4 is 32.8 Å².